The quantitative estimate of drug-likeness (QED) is 0.689. The molecule has 1 rings (SSSR count). The molecule has 0 amide bonds. The second-order valence-electron chi connectivity index (χ2n) is 1.86. The summed E-state index contributed by atoms with van der Waals surface area (Å²) in [5.41, 5.74) is 1.18. The van der Waals surface area contributed by atoms with Gasteiger partial charge in [0.05, 0.1) is 11.2 Å². The minimum Gasteiger partial charge on any atom is -0.350 e. The zero-order valence-electron chi connectivity index (χ0n) is 5.47. The third kappa shape index (κ3) is 1.71. The monoisotopic (exact) mass is 173 g/mol. The lowest BCUT2D eigenvalue weighted by Gasteiger charge is -2.00. The largest absolute Gasteiger partial charge is 0.350 e. The Bertz CT molecular complexity index is 275. The molecular formula is C7H5F2NS. The molecule has 0 saturated heterocycles. The molecule has 58 valence electrons. The lowest BCUT2D eigenvalue weighted by Crippen LogP contribution is -1.97. The zero-order chi connectivity index (χ0) is 8.27. The number of nitrogens with one attached hydrogen (secondary N) is 1. The molecule has 0 bridgehead atoms. The van der Waals surface area contributed by atoms with Crippen LogP contribution in [0.15, 0.2) is 18.2 Å². The molecule has 4 heteroatoms. The fraction of sp³-hybridized carbons (Fsp3) is 0. The molecule has 0 aliphatic heterocycles. The maximum Gasteiger partial charge on any atom is 0.182 e. The van der Waals surface area contributed by atoms with Crippen LogP contribution in [0.5, 0.6) is 0 Å². The molecule has 0 aromatic heterocycles. The van der Waals surface area contributed by atoms with E-state index in [2.05, 4.69) is 17.5 Å². The number of hydrogen-bond acceptors (Lipinski definition) is 1. The third-order valence-electron chi connectivity index (χ3n) is 1.17. The van der Waals surface area contributed by atoms with Gasteiger partial charge in [0.15, 0.2) is 11.6 Å². The summed E-state index contributed by atoms with van der Waals surface area (Å²) in [6.07, 6.45) is 0. The summed E-state index contributed by atoms with van der Waals surface area (Å²) in [6.45, 7) is 0. The standard InChI is InChI=1S/C7H5F2NS/c8-5-2-1-3-6(7(5)9)10-4-11/h1-4H,(H,10,11). The van der Waals surface area contributed by atoms with Gasteiger partial charge in [-0.25, -0.2) is 8.78 Å². The van der Waals surface area contributed by atoms with E-state index in [1.54, 1.807) is 0 Å². The highest BCUT2D eigenvalue weighted by atomic mass is 32.1. The highest BCUT2D eigenvalue weighted by molar-refractivity contribution is 7.79. The van der Waals surface area contributed by atoms with Crippen molar-refractivity contribution in [3.63, 3.8) is 0 Å². The van der Waals surface area contributed by atoms with Gasteiger partial charge in [-0.1, -0.05) is 18.3 Å². The second-order valence-corrected chi connectivity index (χ2v) is 2.10. The van der Waals surface area contributed by atoms with Crippen molar-refractivity contribution in [1.82, 2.24) is 0 Å². The minimum absolute atomic E-state index is 0.0556. The van der Waals surface area contributed by atoms with Crippen LogP contribution in [0.4, 0.5) is 14.5 Å². The van der Waals surface area contributed by atoms with Crippen molar-refractivity contribution in [1.29, 1.82) is 0 Å². The van der Waals surface area contributed by atoms with Crippen LogP contribution in [-0.4, -0.2) is 5.49 Å². The third-order valence-corrected chi connectivity index (χ3v) is 1.28. The van der Waals surface area contributed by atoms with Crippen LogP contribution in [0, 0.1) is 11.6 Å². The van der Waals surface area contributed by atoms with E-state index in [1.165, 1.54) is 12.1 Å². The Hall–Kier alpha value is -1.03. The van der Waals surface area contributed by atoms with Crippen LogP contribution in [0.2, 0.25) is 0 Å². The summed E-state index contributed by atoms with van der Waals surface area (Å²) >= 11 is 4.41. The first-order valence-corrected chi connectivity index (χ1v) is 3.37. The number of halogens is 2. The van der Waals surface area contributed by atoms with E-state index in [1.807, 2.05) is 0 Å². The number of hydrogen-bond donors (Lipinski definition) is 1. The van der Waals surface area contributed by atoms with Crippen molar-refractivity contribution in [2.45, 2.75) is 0 Å². The van der Waals surface area contributed by atoms with Gasteiger partial charge in [-0.3, -0.25) is 0 Å². The summed E-state index contributed by atoms with van der Waals surface area (Å²) in [5.74, 6) is -1.79. The van der Waals surface area contributed by atoms with Crippen LogP contribution in [0.25, 0.3) is 0 Å². The fourth-order valence-electron chi connectivity index (χ4n) is 0.679. The van der Waals surface area contributed by atoms with Crippen LogP contribution in [0.3, 0.4) is 0 Å². The first-order valence-electron chi connectivity index (χ1n) is 2.90. The molecule has 1 aromatic rings. The summed E-state index contributed by atoms with van der Waals surface area (Å²) in [6, 6.07) is 3.85. The fourth-order valence-corrected chi connectivity index (χ4v) is 0.806. The van der Waals surface area contributed by atoms with Crippen LogP contribution >= 0.6 is 12.2 Å². The van der Waals surface area contributed by atoms with Gasteiger partial charge in [0, 0.05) is 0 Å². The van der Waals surface area contributed by atoms with Gasteiger partial charge in [0.1, 0.15) is 0 Å². The van der Waals surface area contributed by atoms with Crippen molar-refractivity contribution in [3.05, 3.63) is 29.8 Å². The molecular weight excluding hydrogens is 168 g/mol. The van der Waals surface area contributed by atoms with Crippen molar-refractivity contribution >= 4 is 23.4 Å². The maximum absolute atomic E-state index is 12.7. The molecule has 11 heavy (non-hydrogen) atoms. The van der Waals surface area contributed by atoms with Crippen LogP contribution in [0.1, 0.15) is 0 Å². The molecule has 0 unspecified atom stereocenters. The van der Waals surface area contributed by atoms with Gasteiger partial charge in [-0.05, 0) is 12.1 Å². The van der Waals surface area contributed by atoms with E-state index in [9.17, 15) is 8.78 Å². The van der Waals surface area contributed by atoms with E-state index >= 15 is 0 Å². The Morgan fingerprint density at radius 3 is 2.73 bits per heavy atom. The maximum atomic E-state index is 12.7. The van der Waals surface area contributed by atoms with Crippen molar-refractivity contribution in [2.75, 3.05) is 5.32 Å². The Morgan fingerprint density at radius 2 is 2.09 bits per heavy atom. The summed E-state index contributed by atoms with van der Waals surface area (Å²) in [7, 11) is 0. The predicted octanol–water partition coefficient (Wildman–Crippen LogP) is 2.33. The molecule has 0 saturated carbocycles. The SMILES string of the molecule is Fc1cccc(NC=S)c1F. The van der Waals surface area contributed by atoms with Crippen molar-refractivity contribution in [3.8, 4) is 0 Å². The van der Waals surface area contributed by atoms with E-state index < -0.39 is 11.6 Å². The second kappa shape index (κ2) is 3.39. The summed E-state index contributed by atoms with van der Waals surface area (Å²) < 4.78 is 25.1. The van der Waals surface area contributed by atoms with E-state index in [0.29, 0.717) is 0 Å². The molecule has 0 aliphatic carbocycles. The van der Waals surface area contributed by atoms with Crippen molar-refractivity contribution in [2.24, 2.45) is 0 Å². The molecule has 1 nitrogen and oxygen atoms in total. The van der Waals surface area contributed by atoms with Gasteiger partial charge >= 0.3 is 0 Å². The number of thiocarbonyl (C=S) groups is 1. The lowest BCUT2D eigenvalue weighted by molar-refractivity contribution is 0.512. The summed E-state index contributed by atoms with van der Waals surface area (Å²) in [5, 5.41) is 2.39. The molecule has 0 heterocycles. The highest BCUT2D eigenvalue weighted by Gasteiger charge is 2.04. The number of rotatable bonds is 2. The minimum atomic E-state index is -0.909. The first kappa shape index (κ1) is 8.07. The first-order chi connectivity index (χ1) is 5.25. The van der Waals surface area contributed by atoms with Gasteiger partial charge in [-0.2, -0.15) is 0 Å². The Morgan fingerprint density at radius 1 is 1.36 bits per heavy atom. The predicted molar refractivity (Wildman–Crippen MR) is 43.6 cm³/mol. The van der Waals surface area contributed by atoms with Crippen molar-refractivity contribution < 1.29 is 8.78 Å². The van der Waals surface area contributed by atoms with E-state index in [-0.39, 0.29) is 5.69 Å². The smallest absolute Gasteiger partial charge is 0.182 e. The lowest BCUT2D eigenvalue weighted by atomic mass is 10.3. The Labute approximate surface area is 68.0 Å². The average Bonchev–Trinajstić information content (AvgIpc) is 1.99. The summed E-state index contributed by atoms with van der Waals surface area (Å²) in [4.78, 5) is 0. The average molecular weight is 173 g/mol. The molecule has 0 spiro atoms. The molecule has 0 atom stereocenters. The number of anilines is 1. The molecule has 0 radical (unpaired) electrons. The highest BCUT2D eigenvalue weighted by Crippen LogP contribution is 2.15. The Kier molecular flexibility index (Phi) is 2.48. The zero-order valence-corrected chi connectivity index (χ0v) is 6.29. The van der Waals surface area contributed by atoms with Gasteiger partial charge in [-0.15, -0.1) is 0 Å². The molecule has 0 aliphatic rings. The van der Waals surface area contributed by atoms with E-state index in [4.69, 9.17) is 0 Å². The van der Waals surface area contributed by atoms with Gasteiger partial charge in [0.25, 0.3) is 0 Å². The van der Waals surface area contributed by atoms with Crippen LogP contribution in [-0.2, 0) is 0 Å². The normalized spacial score (nSPS) is 9.27. The topological polar surface area (TPSA) is 12.0 Å². The molecule has 0 fully saturated rings. The van der Waals surface area contributed by atoms with Crippen LogP contribution < -0.4 is 5.32 Å². The van der Waals surface area contributed by atoms with E-state index in [0.717, 1.165) is 11.6 Å². The van der Waals surface area contributed by atoms with Gasteiger partial charge in [0.2, 0.25) is 0 Å². The molecule has 1 aromatic carbocycles. The number of benzene rings is 1. The Balaban J connectivity index is 3.05. The van der Waals surface area contributed by atoms with Gasteiger partial charge < -0.3 is 5.32 Å². The molecule has 1 N–H and O–H groups in total.